The number of hydrogen-bond acceptors (Lipinski definition) is 5. The Balaban J connectivity index is 2.40. The van der Waals surface area contributed by atoms with Crippen molar-refractivity contribution in [1.82, 2.24) is 10.1 Å². The Morgan fingerprint density at radius 3 is 2.92 bits per heavy atom. The van der Waals surface area contributed by atoms with Gasteiger partial charge in [-0.25, -0.2) is 0 Å². The van der Waals surface area contributed by atoms with Crippen LogP contribution in [0.4, 0.5) is 0 Å². The first-order valence-corrected chi connectivity index (χ1v) is 4.53. The van der Waals surface area contributed by atoms with Gasteiger partial charge >= 0.3 is 0 Å². The Morgan fingerprint density at radius 1 is 1.54 bits per heavy atom. The molecule has 2 rings (SSSR count). The van der Waals surface area contributed by atoms with Crippen molar-refractivity contribution < 1.29 is 9.32 Å². The second-order valence-corrected chi connectivity index (χ2v) is 3.89. The van der Waals surface area contributed by atoms with E-state index in [1.807, 2.05) is 0 Å². The highest BCUT2D eigenvalue weighted by molar-refractivity contribution is 7.19. The zero-order valence-electron chi connectivity index (χ0n) is 6.23. The molecule has 0 fully saturated rings. The minimum atomic E-state index is 0.0412. The first-order valence-electron chi connectivity index (χ1n) is 3.34. The molecule has 66 valence electrons. The van der Waals surface area contributed by atoms with Crippen LogP contribution < -0.4 is 0 Å². The molecule has 0 spiro atoms. The number of halogens is 1. The molecule has 0 amide bonds. The van der Waals surface area contributed by atoms with Crippen molar-refractivity contribution in [2.24, 2.45) is 0 Å². The van der Waals surface area contributed by atoms with Crippen LogP contribution in [-0.4, -0.2) is 16.4 Å². The highest BCUT2D eigenvalue weighted by Crippen LogP contribution is 2.29. The summed E-state index contributed by atoms with van der Waals surface area (Å²) >= 11 is 7.03. The highest BCUT2D eigenvalue weighted by Gasteiger charge is 2.09. The van der Waals surface area contributed by atoms with Crippen molar-refractivity contribution in [2.75, 3.05) is 0 Å². The predicted octanol–water partition coefficient (Wildman–Crippen LogP) is 2.26. The molecule has 0 aliphatic rings. The van der Waals surface area contributed by atoms with Crippen LogP contribution in [0.15, 0.2) is 16.7 Å². The second kappa shape index (κ2) is 3.27. The first-order chi connectivity index (χ1) is 6.29. The Hall–Kier alpha value is -1.20. The Bertz CT molecular complexity index is 437. The zero-order chi connectivity index (χ0) is 9.26. The topological polar surface area (TPSA) is 56.0 Å². The van der Waals surface area contributed by atoms with E-state index < -0.39 is 0 Å². The summed E-state index contributed by atoms with van der Waals surface area (Å²) in [5, 5.41) is 3.43. The number of thiophene rings is 1. The molecule has 2 aromatic heterocycles. The van der Waals surface area contributed by atoms with E-state index in [1.165, 1.54) is 11.3 Å². The molecule has 0 aliphatic carbocycles. The van der Waals surface area contributed by atoms with E-state index in [2.05, 4.69) is 10.1 Å². The SMILES string of the molecule is O=Cc1noc(-c2ccc(Cl)s2)n1. The smallest absolute Gasteiger partial charge is 0.268 e. The lowest BCUT2D eigenvalue weighted by Gasteiger charge is -1.81. The Labute approximate surface area is 82.1 Å². The molecule has 2 heterocycles. The molecule has 0 aromatic carbocycles. The molecule has 6 heteroatoms. The monoisotopic (exact) mass is 214 g/mol. The Morgan fingerprint density at radius 2 is 2.38 bits per heavy atom. The third kappa shape index (κ3) is 1.61. The summed E-state index contributed by atoms with van der Waals surface area (Å²) in [7, 11) is 0. The van der Waals surface area contributed by atoms with Gasteiger partial charge in [0.25, 0.3) is 5.89 Å². The predicted molar refractivity (Wildman–Crippen MR) is 48.0 cm³/mol. The number of hydrogen-bond donors (Lipinski definition) is 0. The molecule has 0 saturated heterocycles. The summed E-state index contributed by atoms with van der Waals surface area (Å²) < 4.78 is 5.45. The van der Waals surface area contributed by atoms with E-state index in [-0.39, 0.29) is 5.82 Å². The fraction of sp³-hybridized carbons (Fsp3) is 0. The van der Waals surface area contributed by atoms with Gasteiger partial charge in [0, 0.05) is 0 Å². The summed E-state index contributed by atoms with van der Waals surface area (Å²) in [4.78, 5) is 14.8. The lowest BCUT2D eigenvalue weighted by Crippen LogP contribution is -1.80. The van der Waals surface area contributed by atoms with Crippen LogP contribution in [0.3, 0.4) is 0 Å². The second-order valence-electron chi connectivity index (χ2n) is 2.18. The van der Waals surface area contributed by atoms with Crippen molar-refractivity contribution >= 4 is 29.2 Å². The molecular weight excluding hydrogens is 212 g/mol. The standard InChI is InChI=1S/C7H3ClN2O2S/c8-5-2-1-4(13-5)7-9-6(3-11)10-12-7/h1-3H. The number of aromatic nitrogens is 2. The van der Waals surface area contributed by atoms with Gasteiger partial charge in [-0.3, -0.25) is 4.79 Å². The number of nitrogens with zero attached hydrogens (tertiary/aromatic N) is 2. The zero-order valence-corrected chi connectivity index (χ0v) is 7.80. The van der Waals surface area contributed by atoms with E-state index in [9.17, 15) is 4.79 Å². The molecule has 13 heavy (non-hydrogen) atoms. The first kappa shape index (κ1) is 8.40. The lowest BCUT2D eigenvalue weighted by molar-refractivity contribution is 0.111. The third-order valence-electron chi connectivity index (χ3n) is 1.33. The van der Waals surface area contributed by atoms with E-state index in [1.54, 1.807) is 12.1 Å². The van der Waals surface area contributed by atoms with Crippen LogP contribution >= 0.6 is 22.9 Å². The van der Waals surface area contributed by atoms with Gasteiger partial charge in [-0.05, 0) is 12.1 Å². The average Bonchev–Trinajstić information content (AvgIpc) is 2.71. The number of rotatable bonds is 2. The molecule has 4 nitrogen and oxygen atoms in total. The molecule has 0 radical (unpaired) electrons. The van der Waals surface area contributed by atoms with Crippen molar-refractivity contribution in [3.05, 3.63) is 22.3 Å². The summed E-state index contributed by atoms with van der Waals surface area (Å²) in [5.41, 5.74) is 0. The largest absolute Gasteiger partial charge is 0.333 e. The van der Waals surface area contributed by atoms with Gasteiger partial charge in [0.05, 0.1) is 9.21 Å². The van der Waals surface area contributed by atoms with E-state index in [0.29, 0.717) is 16.5 Å². The van der Waals surface area contributed by atoms with Gasteiger partial charge in [-0.2, -0.15) is 4.98 Å². The van der Waals surface area contributed by atoms with Gasteiger partial charge in [0.1, 0.15) is 0 Å². The summed E-state index contributed by atoms with van der Waals surface area (Å²) in [6.07, 6.45) is 0.530. The maximum absolute atomic E-state index is 10.2. The van der Waals surface area contributed by atoms with Crippen molar-refractivity contribution in [3.8, 4) is 10.8 Å². The normalized spacial score (nSPS) is 10.2. The fourth-order valence-electron chi connectivity index (χ4n) is 0.812. The third-order valence-corrected chi connectivity index (χ3v) is 2.55. The maximum Gasteiger partial charge on any atom is 0.268 e. The molecule has 0 aliphatic heterocycles. The minimum Gasteiger partial charge on any atom is -0.333 e. The summed E-state index contributed by atoms with van der Waals surface area (Å²) in [5.74, 6) is 0.360. The van der Waals surface area contributed by atoms with E-state index in [0.717, 1.165) is 4.88 Å². The molecule has 0 saturated carbocycles. The van der Waals surface area contributed by atoms with Gasteiger partial charge in [0.15, 0.2) is 6.29 Å². The molecular formula is C7H3ClN2O2S. The van der Waals surface area contributed by atoms with Crippen molar-refractivity contribution in [3.63, 3.8) is 0 Å². The quantitative estimate of drug-likeness (QED) is 0.720. The van der Waals surface area contributed by atoms with Gasteiger partial charge in [-0.15, -0.1) is 11.3 Å². The van der Waals surface area contributed by atoms with Crippen molar-refractivity contribution in [1.29, 1.82) is 0 Å². The molecule has 0 N–H and O–H groups in total. The minimum absolute atomic E-state index is 0.0412. The van der Waals surface area contributed by atoms with Gasteiger partial charge < -0.3 is 4.52 Å². The van der Waals surface area contributed by atoms with E-state index in [4.69, 9.17) is 16.1 Å². The van der Waals surface area contributed by atoms with Crippen LogP contribution in [0.25, 0.3) is 10.8 Å². The van der Waals surface area contributed by atoms with Crippen LogP contribution in [0, 0.1) is 0 Å². The number of carbonyl (C=O) groups excluding carboxylic acids is 1. The van der Waals surface area contributed by atoms with E-state index >= 15 is 0 Å². The van der Waals surface area contributed by atoms with Crippen molar-refractivity contribution in [2.45, 2.75) is 0 Å². The average molecular weight is 215 g/mol. The highest BCUT2D eigenvalue weighted by atomic mass is 35.5. The Kier molecular flexibility index (Phi) is 2.12. The number of carbonyl (C=O) groups is 1. The summed E-state index contributed by atoms with van der Waals surface area (Å²) in [6.45, 7) is 0. The maximum atomic E-state index is 10.2. The summed E-state index contributed by atoms with van der Waals surface area (Å²) in [6, 6.07) is 3.49. The molecule has 0 bridgehead atoms. The van der Waals surface area contributed by atoms with Crippen LogP contribution in [0.1, 0.15) is 10.6 Å². The van der Waals surface area contributed by atoms with Gasteiger partial charge in [0.2, 0.25) is 5.82 Å². The molecule has 2 aromatic rings. The fourth-order valence-corrected chi connectivity index (χ4v) is 1.78. The lowest BCUT2D eigenvalue weighted by atomic mass is 10.5. The molecule has 0 unspecified atom stereocenters. The van der Waals surface area contributed by atoms with Crippen LogP contribution in [-0.2, 0) is 0 Å². The molecule has 0 atom stereocenters. The van der Waals surface area contributed by atoms with Crippen LogP contribution in [0.2, 0.25) is 4.34 Å². The van der Waals surface area contributed by atoms with Crippen LogP contribution in [0.5, 0.6) is 0 Å². The number of aldehydes is 1. The van der Waals surface area contributed by atoms with Gasteiger partial charge in [-0.1, -0.05) is 16.8 Å².